The van der Waals surface area contributed by atoms with Crippen LogP contribution in [0.25, 0.3) is 0 Å². The van der Waals surface area contributed by atoms with Crippen LogP contribution in [0.4, 0.5) is 0 Å². The quantitative estimate of drug-likeness (QED) is 0.606. The van der Waals surface area contributed by atoms with E-state index >= 15 is 0 Å². The van der Waals surface area contributed by atoms with Gasteiger partial charge in [-0.3, -0.25) is 0 Å². The highest BCUT2D eigenvalue weighted by atomic mass is 16.5. The van der Waals surface area contributed by atoms with Crippen molar-refractivity contribution in [3.63, 3.8) is 0 Å². The summed E-state index contributed by atoms with van der Waals surface area (Å²) in [6.45, 7) is 4.19. The summed E-state index contributed by atoms with van der Waals surface area (Å²) >= 11 is 0. The Morgan fingerprint density at radius 2 is 2.33 bits per heavy atom. The molecule has 1 aliphatic rings. The van der Waals surface area contributed by atoms with E-state index in [2.05, 4.69) is 6.92 Å². The molecule has 0 aliphatic heterocycles. The van der Waals surface area contributed by atoms with E-state index in [9.17, 15) is 4.79 Å². The molecule has 1 rings (SSSR count). The molecule has 2 heteroatoms. The van der Waals surface area contributed by atoms with Crippen molar-refractivity contribution in [2.45, 2.75) is 39.2 Å². The van der Waals surface area contributed by atoms with Gasteiger partial charge in [0.15, 0.2) is 0 Å². The summed E-state index contributed by atoms with van der Waals surface area (Å²) in [6, 6.07) is 0. The second-order valence-corrected chi connectivity index (χ2v) is 4.08. The van der Waals surface area contributed by atoms with Crippen LogP contribution in [0.3, 0.4) is 0 Å². The number of hydrogen-bond donors (Lipinski definition) is 0. The minimum absolute atomic E-state index is 0.0694. The van der Waals surface area contributed by atoms with Crippen molar-refractivity contribution >= 4 is 6.29 Å². The van der Waals surface area contributed by atoms with Crippen LogP contribution in [0, 0.1) is 11.3 Å². The second kappa shape index (κ2) is 3.56. The first-order valence-corrected chi connectivity index (χ1v) is 4.64. The fourth-order valence-electron chi connectivity index (χ4n) is 2.17. The number of carbonyl (C=O) groups excluding carboxylic acids is 1. The maximum Gasteiger partial charge on any atom is 0.128 e. The number of aldehydes is 1. The van der Waals surface area contributed by atoms with Crippen LogP contribution in [-0.4, -0.2) is 19.5 Å². The maximum atomic E-state index is 11.0. The van der Waals surface area contributed by atoms with Gasteiger partial charge in [0.2, 0.25) is 0 Å². The third-order valence-electron chi connectivity index (χ3n) is 3.23. The van der Waals surface area contributed by atoms with Gasteiger partial charge in [-0.15, -0.1) is 0 Å². The predicted octanol–water partition coefficient (Wildman–Crippen LogP) is 2.03. The molecule has 0 aromatic carbocycles. The SMILES string of the molecule is COC(C)C1(C=O)CCC(C)C1. The molecule has 0 aromatic heterocycles. The molecule has 0 saturated heterocycles. The second-order valence-electron chi connectivity index (χ2n) is 4.08. The highest BCUT2D eigenvalue weighted by Crippen LogP contribution is 2.43. The summed E-state index contributed by atoms with van der Waals surface area (Å²) in [6.07, 6.45) is 4.31. The van der Waals surface area contributed by atoms with E-state index in [0.717, 1.165) is 25.5 Å². The van der Waals surface area contributed by atoms with Gasteiger partial charge in [-0.1, -0.05) is 6.92 Å². The van der Waals surface area contributed by atoms with Crippen molar-refractivity contribution in [3.05, 3.63) is 0 Å². The van der Waals surface area contributed by atoms with Gasteiger partial charge in [-0.25, -0.2) is 0 Å². The lowest BCUT2D eigenvalue weighted by Gasteiger charge is -2.28. The Hall–Kier alpha value is -0.370. The number of methoxy groups -OCH3 is 1. The zero-order chi connectivity index (χ0) is 9.19. The first kappa shape index (κ1) is 9.72. The third-order valence-corrected chi connectivity index (χ3v) is 3.23. The van der Waals surface area contributed by atoms with Gasteiger partial charge in [0.05, 0.1) is 11.5 Å². The average Bonchev–Trinajstić information content (AvgIpc) is 2.47. The monoisotopic (exact) mass is 170 g/mol. The van der Waals surface area contributed by atoms with Crippen LogP contribution in [0.2, 0.25) is 0 Å². The highest BCUT2D eigenvalue weighted by molar-refractivity contribution is 5.61. The zero-order valence-electron chi connectivity index (χ0n) is 8.17. The van der Waals surface area contributed by atoms with Gasteiger partial charge in [0, 0.05) is 7.11 Å². The van der Waals surface area contributed by atoms with Crippen molar-refractivity contribution in [2.24, 2.45) is 11.3 Å². The topological polar surface area (TPSA) is 26.3 Å². The molecule has 1 fully saturated rings. The van der Waals surface area contributed by atoms with Crippen LogP contribution >= 0.6 is 0 Å². The van der Waals surface area contributed by atoms with Gasteiger partial charge >= 0.3 is 0 Å². The fraction of sp³-hybridized carbons (Fsp3) is 0.900. The number of rotatable bonds is 3. The summed E-state index contributed by atoms with van der Waals surface area (Å²) < 4.78 is 5.25. The standard InChI is InChI=1S/C10H18O2/c1-8-4-5-10(6-8,7-11)9(2)12-3/h7-9H,4-6H2,1-3H3. The van der Waals surface area contributed by atoms with Gasteiger partial charge in [-0.05, 0) is 32.1 Å². The Labute approximate surface area is 74.3 Å². The maximum absolute atomic E-state index is 11.0. The molecule has 3 unspecified atom stereocenters. The van der Waals surface area contributed by atoms with Crippen LogP contribution in [0.1, 0.15) is 33.1 Å². The van der Waals surface area contributed by atoms with E-state index in [1.807, 2.05) is 6.92 Å². The molecule has 3 atom stereocenters. The lowest BCUT2D eigenvalue weighted by Crippen LogP contribution is -2.33. The summed E-state index contributed by atoms with van der Waals surface area (Å²) in [4.78, 5) is 11.0. The van der Waals surface area contributed by atoms with Crippen LogP contribution in [0.5, 0.6) is 0 Å². The van der Waals surface area contributed by atoms with Crippen molar-refractivity contribution < 1.29 is 9.53 Å². The highest BCUT2D eigenvalue weighted by Gasteiger charge is 2.42. The largest absolute Gasteiger partial charge is 0.381 e. The van der Waals surface area contributed by atoms with E-state index < -0.39 is 0 Å². The summed E-state index contributed by atoms with van der Waals surface area (Å²) in [5, 5.41) is 0. The van der Waals surface area contributed by atoms with E-state index in [0.29, 0.717) is 5.92 Å². The number of hydrogen-bond acceptors (Lipinski definition) is 2. The van der Waals surface area contributed by atoms with Gasteiger partial charge in [0.25, 0.3) is 0 Å². The molecular formula is C10H18O2. The molecule has 0 N–H and O–H groups in total. The Morgan fingerprint density at radius 1 is 1.67 bits per heavy atom. The smallest absolute Gasteiger partial charge is 0.128 e. The molecule has 0 aromatic rings. The minimum Gasteiger partial charge on any atom is -0.381 e. The zero-order valence-corrected chi connectivity index (χ0v) is 8.17. The van der Waals surface area contributed by atoms with Crippen molar-refractivity contribution in [3.8, 4) is 0 Å². The molecule has 1 aliphatic carbocycles. The molecule has 0 radical (unpaired) electrons. The van der Waals surface area contributed by atoms with Crippen molar-refractivity contribution in [1.29, 1.82) is 0 Å². The Balaban J connectivity index is 2.70. The molecule has 0 bridgehead atoms. The number of ether oxygens (including phenoxy) is 1. The molecule has 0 spiro atoms. The molecule has 0 amide bonds. The van der Waals surface area contributed by atoms with Gasteiger partial charge in [-0.2, -0.15) is 0 Å². The first-order chi connectivity index (χ1) is 5.64. The molecule has 2 nitrogen and oxygen atoms in total. The van der Waals surface area contributed by atoms with Gasteiger partial charge < -0.3 is 9.53 Å². The van der Waals surface area contributed by atoms with E-state index in [1.54, 1.807) is 7.11 Å². The molecule has 0 heterocycles. The average molecular weight is 170 g/mol. The third kappa shape index (κ3) is 1.53. The van der Waals surface area contributed by atoms with Gasteiger partial charge in [0.1, 0.15) is 6.29 Å². The number of carbonyl (C=O) groups is 1. The van der Waals surface area contributed by atoms with E-state index in [1.165, 1.54) is 0 Å². The normalized spacial score (nSPS) is 38.1. The first-order valence-electron chi connectivity index (χ1n) is 4.64. The van der Waals surface area contributed by atoms with Crippen LogP contribution in [-0.2, 0) is 9.53 Å². The van der Waals surface area contributed by atoms with E-state index in [4.69, 9.17) is 4.74 Å². The predicted molar refractivity (Wildman–Crippen MR) is 48.0 cm³/mol. The molecule has 70 valence electrons. The minimum atomic E-state index is -0.186. The van der Waals surface area contributed by atoms with Crippen molar-refractivity contribution in [2.75, 3.05) is 7.11 Å². The van der Waals surface area contributed by atoms with E-state index in [-0.39, 0.29) is 11.5 Å². The van der Waals surface area contributed by atoms with Crippen LogP contribution in [0.15, 0.2) is 0 Å². The summed E-state index contributed by atoms with van der Waals surface area (Å²) in [5.41, 5.74) is -0.186. The molecule has 1 saturated carbocycles. The molecular weight excluding hydrogens is 152 g/mol. The lowest BCUT2D eigenvalue weighted by atomic mass is 9.82. The fourth-order valence-corrected chi connectivity index (χ4v) is 2.17. The van der Waals surface area contributed by atoms with Crippen LogP contribution < -0.4 is 0 Å². The van der Waals surface area contributed by atoms with Crippen molar-refractivity contribution in [1.82, 2.24) is 0 Å². The summed E-state index contributed by atoms with van der Waals surface area (Å²) in [7, 11) is 1.68. The Kier molecular flexibility index (Phi) is 2.89. The summed E-state index contributed by atoms with van der Waals surface area (Å²) in [5.74, 6) is 0.674. The Bertz CT molecular complexity index is 167. The molecule has 12 heavy (non-hydrogen) atoms. The Morgan fingerprint density at radius 3 is 2.67 bits per heavy atom. The lowest BCUT2D eigenvalue weighted by molar-refractivity contribution is -0.123.